The number of fused-ring (bicyclic) bond motifs is 6. The van der Waals surface area contributed by atoms with Gasteiger partial charge in [0.2, 0.25) is 0 Å². The van der Waals surface area contributed by atoms with Gasteiger partial charge < -0.3 is 13.9 Å². The highest BCUT2D eigenvalue weighted by molar-refractivity contribution is 6.30. The zero-order valence-corrected chi connectivity index (χ0v) is 18.2. The lowest BCUT2D eigenvalue weighted by molar-refractivity contribution is 0.0599. The average molecular weight is 476 g/mol. The lowest BCUT2D eigenvalue weighted by atomic mass is 9.81. The van der Waals surface area contributed by atoms with Crippen LogP contribution in [-0.4, -0.2) is 4.57 Å². The number of aromatic nitrogens is 1. The molecule has 168 valence electrons. The summed E-state index contributed by atoms with van der Waals surface area (Å²) < 4.78 is 32.2. The average Bonchev–Trinajstić information content (AvgIpc) is 3.25. The molecule has 8 heteroatoms. The first-order valence-corrected chi connectivity index (χ1v) is 10.9. The fourth-order valence-corrected chi connectivity index (χ4v) is 4.58. The van der Waals surface area contributed by atoms with E-state index in [-0.39, 0.29) is 28.0 Å². The SMILES string of the molecule is O=c1oc2c(c(=O)n1-c1ccc(F)c(Cl)c1)C1C=C(Oc3ccccc3)OC1c1ccccc1-2. The molecule has 2 atom stereocenters. The largest absolute Gasteiger partial charge is 0.456 e. The van der Waals surface area contributed by atoms with Crippen molar-refractivity contribution in [2.24, 2.45) is 0 Å². The number of para-hydroxylation sites is 1. The fourth-order valence-electron chi connectivity index (χ4n) is 4.41. The van der Waals surface area contributed by atoms with E-state index < -0.39 is 29.2 Å². The second-order valence-corrected chi connectivity index (χ2v) is 8.31. The van der Waals surface area contributed by atoms with Crippen molar-refractivity contribution >= 4 is 11.6 Å². The maximum Gasteiger partial charge on any atom is 0.426 e. The smallest absolute Gasteiger partial charge is 0.426 e. The summed E-state index contributed by atoms with van der Waals surface area (Å²) in [5, 5.41) is -0.215. The Kier molecular flexibility index (Phi) is 4.67. The second kappa shape index (κ2) is 7.74. The molecule has 0 radical (unpaired) electrons. The molecule has 0 spiro atoms. The van der Waals surface area contributed by atoms with Crippen LogP contribution in [0, 0.1) is 5.82 Å². The van der Waals surface area contributed by atoms with Crippen LogP contribution in [0.1, 0.15) is 23.1 Å². The molecule has 1 aromatic heterocycles. The van der Waals surface area contributed by atoms with Gasteiger partial charge in [0.25, 0.3) is 11.5 Å². The van der Waals surface area contributed by atoms with Crippen LogP contribution in [0.2, 0.25) is 5.02 Å². The number of hydrogen-bond donors (Lipinski definition) is 0. The van der Waals surface area contributed by atoms with Gasteiger partial charge in [0.1, 0.15) is 23.4 Å². The van der Waals surface area contributed by atoms with E-state index in [1.165, 1.54) is 12.1 Å². The van der Waals surface area contributed by atoms with Gasteiger partial charge in [-0.05, 0) is 30.3 Å². The molecule has 0 saturated carbocycles. The van der Waals surface area contributed by atoms with Crippen molar-refractivity contribution in [3.8, 4) is 22.8 Å². The Morgan fingerprint density at radius 1 is 0.971 bits per heavy atom. The predicted molar refractivity (Wildman–Crippen MR) is 123 cm³/mol. The number of benzene rings is 3. The molecule has 0 N–H and O–H groups in total. The van der Waals surface area contributed by atoms with Crippen LogP contribution in [0.15, 0.2) is 98.8 Å². The maximum atomic E-state index is 13.7. The Labute approximate surface area is 197 Å². The monoisotopic (exact) mass is 475 g/mol. The minimum absolute atomic E-state index is 0.104. The van der Waals surface area contributed by atoms with Crippen molar-refractivity contribution in [2.45, 2.75) is 12.0 Å². The van der Waals surface area contributed by atoms with Crippen LogP contribution >= 0.6 is 11.6 Å². The van der Waals surface area contributed by atoms with Crippen molar-refractivity contribution < 1.29 is 18.3 Å². The highest BCUT2D eigenvalue weighted by Crippen LogP contribution is 2.50. The molecule has 0 saturated heterocycles. The van der Waals surface area contributed by atoms with Gasteiger partial charge in [-0.1, -0.05) is 54.1 Å². The summed E-state index contributed by atoms with van der Waals surface area (Å²) in [6, 6.07) is 20.0. The lowest BCUT2D eigenvalue weighted by Gasteiger charge is -2.27. The number of hydrogen-bond acceptors (Lipinski definition) is 5. The van der Waals surface area contributed by atoms with E-state index in [0.717, 1.165) is 16.2 Å². The molecule has 1 aliphatic heterocycles. The first-order valence-electron chi connectivity index (χ1n) is 10.5. The van der Waals surface area contributed by atoms with Gasteiger partial charge in [-0.2, -0.15) is 0 Å². The first kappa shape index (κ1) is 20.5. The molecule has 0 bridgehead atoms. The van der Waals surface area contributed by atoms with Crippen LogP contribution in [0.3, 0.4) is 0 Å². The van der Waals surface area contributed by atoms with Gasteiger partial charge >= 0.3 is 5.76 Å². The number of halogens is 2. The van der Waals surface area contributed by atoms with Crippen molar-refractivity contribution in [3.05, 3.63) is 128 Å². The van der Waals surface area contributed by atoms with E-state index in [1.807, 2.05) is 30.3 Å². The Morgan fingerprint density at radius 2 is 1.74 bits per heavy atom. The standard InChI is InChI=1S/C26H15ClFNO5/c27-19-12-14(10-11-20(19)28)29-25(30)22-18-13-21(32-15-6-2-1-3-7-15)33-23(18)16-8-4-5-9-17(16)24(22)34-26(29)31/h1-13,18,23H. The number of ether oxygens (including phenoxy) is 2. The molecular weight excluding hydrogens is 461 g/mol. The normalized spacial score (nSPS) is 17.8. The number of nitrogens with zero attached hydrogens (tertiary/aromatic N) is 1. The highest BCUT2D eigenvalue weighted by Gasteiger charge is 2.43. The number of rotatable bonds is 3. The quantitative estimate of drug-likeness (QED) is 0.400. The van der Waals surface area contributed by atoms with Crippen molar-refractivity contribution in [1.29, 1.82) is 0 Å². The van der Waals surface area contributed by atoms with Crippen LogP contribution < -0.4 is 16.1 Å². The fraction of sp³-hybridized carbons (Fsp3) is 0.0769. The van der Waals surface area contributed by atoms with Gasteiger partial charge in [-0.3, -0.25) is 4.79 Å². The van der Waals surface area contributed by atoms with E-state index in [9.17, 15) is 14.0 Å². The third kappa shape index (κ3) is 3.16. The summed E-state index contributed by atoms with van der Waals surface area (Å²) in [6.45, 7) is 0. The summed E-state index contributed by atoms with van der Waals surface area (Å²) in [7, 11) is 0. The Hall–Kier alpha value is -4.10. The van der Waals surface area contributed by atoms with Gasteiger partial charge in [-0.25, -0.2) is 13.8 Å². The molecule has 0 fully saturated rings. The van der Waals surface area contributed by atoms with Gasteiger partial charge in [-0.15, -0.1) is 0 Å². The molecule has 34 heavy (non-hydrogen) atoms. The van der Waals surface area contributed by atoms with E-state index in [1.54, 1.807) is 30.3 Å². The minimum Gasteiger partial charge on any atom is -0.456 e. The van der Waals surface area contributed by atoms with Gasteiger partial charge in [0, 0.05) is 17.2 Å². The summed E-state index contributed by atoms with van der Waals surface area (Å²) in [6.07, 6.45) is 1.16. The third-order valence-corrected chi connectivity index (χ3v) is 6.19. The molecule has 1 aliphatic carbocycles. The van der Waals surface area contributed by atoms with Crippen LogP contribution in [0.25, 0.3) is 17.0 Å². The third-order valence-electron chi connectivity index (χ3n) is 5.90. The van der Waals surface area contributed by atoms with Crippen molar-refractivity contribution in [1.82, 2.24) is 4.57 Å². The molecule has 4 aromatic rings. The lowest BCUT2D eigenvalue weighted by Crippen LogP contribution is -2.36. The highest BCUT2D eigenvalue weighted by atomic mass is 35.5. The van der Waals surface area contributed by atoms with Crippen LogP contribution in [-0.2, 0) is 4.74 Å². The maximum absolute atomic E-state index is 13.7. The zero-order chi connectivity index (χ0) is 23.4. The molecule has 0 amide bonds. The molecule has 2 aliphatic rings. The molecular formula is C26H15ClFNO5. The summed E-state index contributed by atoms with van der Waals surface area (Å²) >= 11 is 5.89. The Bertz CT molecular complexity index is 1590. The van der Waals surface area contributed by atoms with Crippen LogP contribution in [0.4, 0.5) is 4.39 Å². The van der Waals surface area contributed by atoms with Crippen LogP contribution in [0.5, 0.6) is 5.75 Å². The molecule has 2 heterocycles. The summed E-state index contributed by atoms with van der Waals surface area (Å²) in [4.78, 5) is 26.6. The van der Waals surface area contributed by atoms with Crippen molar-refractivity contribution in [2.75, 3.05) is 0 Å². The van der Waals surface area contributed by atoms with E-state index in [0.29, 0.717) is 11.3 Å². The summed E-state index contributed by atoms with van der Waals surface area (Å²) in [5.74, 6) is -1.13. The molecule has 6 nitrogen and oxygen atoms in total. The predicted octanol–water partition coefficient (Wildman–Crippen LogP) is 5.34. The Morgan fingerprint density at radius 3 is 2.53 bits per heavy atom. The minimum atomic E-state index is -0.900. The van der Waals surface area contributed by atoms with E-state index in [4.69, 9.17) is 25.5 Å². The topological polar surface area (TPSA) is 70.7 Å². The summed E-state index contributed by atoms with van der Waals surface area (Å²) in [5.41, 5.74) is 1.11. The molecule has 6 rings (SSSR count). The molecule has 2 unspecified atom stereocenters. The first-order chi connectivity index (χ1) is 16.5. The van der Waals surface area contributed by atoms with Crippen molar-refractivity contribution in [3.63, 3.8) is 0 Å². The van der Waals surface area contributed by atoms with Gasteiger partial charge in [0.15, 0.2) is 0 Å². The zero-order valence-electron chi connectivity index (χ0n) is 17.4. The van der Waals surface area contributed by atoms with E-state index >= 15 is 0 Å². The second-order valence-electron chi connectivity index (χ2n) is 7.90. The van der Waals surface area contributed by atoms with Gasteiger partial charge in [0.05, 0.1) is 22.2 Å². The van der Waals surface area contributed by atoms with E-state index in [2.05, 4.69) is 0 Å². The Balaban J connectivity index is 1.55. The molecule has 3 aromatic carbocycles.